The number of carbonyl (C=O) groups excluding carboxylic acids is 1. The Labute approximate surface area is 234 Å². The summed E-state index contributed by atoms with van der Waals surface area (Å²) >= 11 is 0. The van der Waals surface area contributed by atoms with Crippen LogP contribution in [0.1, 0.15) is 77.7 Å². The number of halogens is 1. The van der Waals surface area contributed by atoms with E-state index in [4.69, 9.17) is 15.2 Å². The Bertz CT molecular complexity index is 1160. The molecule has 1 aliphatic heterocycles. The van der Waals surface area contributed by atoms with E-state index in [0.29, 0.717) is 36.6 Å². The molecule has 0 radical (unpaired) electrons. The SMILES string of the molecule is C1CCCCC1.CNc1nc(N)nc2c1ncn2[C@@H]1CC(C2COCC2C)([C@H](COC(C)=O)C(=O)O)CC[C@H]1F. The first-order valence-electron chi connectivity index (χ1n) is 14.4. The van der Waals surface area contributed by atoms with Crippen molar-refractivity contribution in [1.82, 2.24) is 19.5 Å². The van der Waals surface area contributed by atoms with Crippen LogP contribution in [0.15, 0.2) is 6.33 Å². The zero-order chi connectivity index (χ0) is 28.9. The van der Waals surface area contributed by atoms with Gasteiger partial charge in [0.1, 0.15) is 12.8 Å². The van der Waals surface area contributed by atoms with E-state index in [1.807, 2.05) is 6.92 Å². The van der Waals surface area contributed by atoms with E-state index in [0.717, 1.165) is 0 Å². The second-order valence-corrected chi connectivity index (χ2v) is 11.5. The third-order valence-electron chi connectivity index (χ3n) is 8.97. The molecule has 2 aromatic heterocycles. The second-order valence-electron chi connectivity index (χ2n) is 11.5. The van der Waals surface area contributed by atoms with Gasteiger partial charge in [-0.1, -0.05) is 45.4 Å². The summed E-state index contributed by atoms with van der Waals surface area (Å²) in [4.78, 5) is 36.9. The Balaban J connectivity index is 0.000000546. The standard InChI is InChI=1S/C22H31FN6O5.C6H12/c1-11-7-33-8-13(11)22(14(20(31)32)9-34-12(2)30)5-4-15(23)16(6-22)29-10-26-17-18(25-3)27-21(24)28-19(17)29;1-2-4-6-5-3-1/h10-11,13-16H,4-9H2,1-3H3,(H,31,32)(H3,24,25,27,28);1-6H2/t11?,13?,14-,15-,16-,22?;/m1./s1. The van der Waals surface area contributed by atoms with Crippen molar-refractivity contribution < 1.29 is 28.6 Å². The van der Waals surface area contributed by atoms with Crippen LogP contribution in [0.25, 0.3) is 11.2 Å². The number of esters is 1. The highest BCUT2D eigenvalue weighted by Gasteiger charge is 2.56. The number of nitrogens with one attached hydrogen (secondary N) is 1. The van der Waals surface area contributed by atoms with Gasteiger partial charge in [0.25, 0.3) is 0 Å². The highest BCUT2D eigenvalue weighted by molar-refractivity contribution is 5.84. The number of imidazole rings is 1. The van der Waals surface area contributed by atoms with E-state index < -0.39 is 35.5 Å². The summed E-state index contributed by atoms with van der Waals surface area (Å²) in [6.07, 6.45) is 9.95. The van der Waals surface area contributed by atoms with Gasteiger partial charge in [0.2, 0.25) is 5.95 Å². The molecule has 3 heterocycles. The lowest BCUT2D eigenvalue weighted by Crippen LogP contribution is -2.51. The Morgan fingerprint density at radius 2 is 1.93 bits per heavy atom. The van der Waals surface area contributed by atoms with E-state index in [9.17, 15) is 14.7 Å². The Morgan fingerprint density at radius 3 is 2.48 bits per heavy atom. The number of anilines is 2. The molecule has 3 aliphatic rings. The van der Waals surface area contributed by atoms with Gasteiger partial charge in [0.15, 0.2) is 17.0 Å². The molecule has 12 heteroatoms. The number of rotatable bonds is 7. The van der Waals surface area contributed by atoms with Gasteiger partial charge in [-0.25, -0.2) is 9.37 Å². The smallest absolute Gasteiger partial charge is 0.310 e. The quantitative estimate of drug-likeness (QED) is 0.414. The molecule has 5 rings (SSSR count). The molecule has 0 aromatic carbocycles. The number of fused-ring (bicyclic) bond motifs is 1. The van der Waals surface area contributed by atoms with Gasteiger partial charge in [-0.15, -0.1) is 0 Å². The number of aliphatic carboxylic acids is 1. The maximum absolute atomic E-state index is 15.5. The van der Waals surface area contributed by atoms with Gasteiger partial charge in [-0.05, 0) is 36.5 Å². The molecule has 0 bridgehead atoms. The minimum atomic E-state index is -1.25. The van der Waals surface area contributed by atoms with Crippen molar-refractivity contribution in [3.63, 3.8) is 0 Å². The number of hydrogen-bond donors (Lipinski definition) is 3. The predicted octanol–water partition coefficient (Wildman–Crippen LogP) is 4.39. The Morgan fingerprint density at radius 1 is 1.25 bits per heavy atom. The fraction of sp³-hybridized carbons (Fsp3) is 0.750. The number of ether oxygens (including phenoxy) is 2. The second kappa shape index (κ2) is 13.1. The molecule has 2 aromatic rings. The minimum Gasteiger partial charge on any atom is -0.481 e. The first-order chi connectivity index (χ1) is 19.2. The molecule has 4 N–H and O–H groups in total. The van der Waals surface area contributed by atoms with Crippen LogP contribution in [-0.2, 0) is 19.1 Å². The Hall–Kier alpha value is -3.02. The molecule has 3 unspecified atom stereocenters. The largest absolute Gasteiger partial charge is 0.481 e. The van der Waals surface area contributed by atoms with Crippen LogP contribution in [0.3, 0.4) is 0 Å². The third kappa shape index (κ3) is 6.31. The zero-order valence-electron chi connectivity index (χ0n) is 23.8. The average molecular weight is 563 g/mol. The molecule has 222 valence electrons. The molecular formula is C28H43FN6O5. The summed E-state index contributed by atoms with van der Waals surface area (Å²) in [7, 11) is 1.68. The first-order valence-corrected chi connectivity index (χ1v) is 14.4. The van der Waals surface area contributed by atoms with Gasteiger partial charge >= 0.3 is 11.9 Å². The summed E-state index contributed by atoms with van der Waals surface area (Å²) in [5, 5.41) is 13.1. The molecule has 3 fully saturated rings. The number of carboxylic acids is 1. The third-order valence-corrected chi connectivity index (χ3v) is 8.97. The van der Waals surface area contributed by atoms with E-state index in [1.54, 1.807) is 11.6 Å². The van der Waals surface area contributed by atoms with E-state index in [1.165, 1.54) is 51.8 Å². The lowest BCUT2D eigenvalue weighted by atomic mass is 9.55. The molecule has 0 spiro atoms. The van der Waals surface area contributed by atoms with Crippen molar-refractivity contribution >= 4 is 34.9 Å². The summed E-state index contributed by atoms with van der Waals surface area (Å²) in [6, 6.07) is -0.732. The fourth-order valence-electron chi connectivity index (χ4n) is 6.89. The predicted molar refractivity (Wildman–Crippen MR) is 148 cm³/mol. The number of aromatic nitrogens is 4. The highest BCUT2D eigenvalue weighted by atomic mass is 19.1. The van der Waals surface area contributed by atoms with Gasteiger partial charge in [0.05, 0.1) is 24.9 Å². The van der Waals surface area contributed by atoms with Gasteiger partial charge < -0.3 is 30.2 Å². The van der Waals surface area contributed by atoms with Crippen LogP contribution >= 0.6 is 0 Å². The lowest BCUT2D eigenvalue weighted by molar-refractivity contribution is -0.162. The summed E-state index contributed by atoms with van der Waals surface area (Å²) < 4.78 is 28.1. The number of nitrogens with zero attached hydrogens (tertiary/aromatic N) is 4. The van der Waals surface area contributed by atoms with Gasteiger partial charge in [-0.3, -0.25) is 9.59 Å². The van der Waals surface area contributed by atoms with Crippen LogP contribution in [0.4, 0.5) is 16.2 Å². The monoisotopic (exact) mass is 562 g/mol. The zero-order valence-corrected chi connectivity index (χ0v) is 23.8. The molecule has 11 nitrogen and oxygen atoms in total. The highest BCUT2D eigenvalue weighted by Crippen LogP contribution is 2.56. The number of alkyl halides is 1. The van der Waals surface area contributed by atoms with E-state index in [2.05, 4.69) is 20.3 Å². The lowest BCUT2D eigenvalue weighted by Gasteiger charge is -2.50. The van der Waals surface area contributed by atoms with Crippen molar-refractivity contribution in [2.45, 2.75) is 83.8 Å². The molecule has 40 heavy (non-hydrogen) atoms. The fourth-order valence-corrected chi connectivity index (χ4v) is 6.89. The van der Waals surface area contributed by atoms with E-state index >= 15 is 4.39 Å². The molecule has 2 aliphatic carbocycles. The van der Waals surface area contributed by atoms with Gasteiger partial charge in [-0.2, -0.15) is 9.97 Å². The Kier molecular flexibility index (Phi) is 9.81. The van der Waals surface area contributed by atoms with Gasteiger partial charge in [0, 0.05) is 20.6 Å². The van der Waals surface area contributed by atoms with Crippen molar-refractivity contribution in [3.8, 4) is 0 Å². The normalized spacial score (nSPS) is 29.3. The van der Waals surface area contributed by atoms with E-state index in [-0.39, 0.29) is 37.2 Å². The minimum absolute atomic E-state index is 0.0205. The van der Waals surface area contributed by atoms with Crippen molar-refractivity contribution in [2.75, 3.05) is 37.9 Å². The molecule has 0 amide bonds. The molecule has 1 saturated heterocycles. The summed E-state index contributed by atoms with van der Waals surface area (Å²) in [5.74, 6) is -2.26. The van der Waals surface area contributed by atoms with Crippen molar-refractivity contribution in [3.05, 3.63) is 6.33 Å². The average Bonchev–Trinajstić information content (AvgIpc) is 3.56. The van der Waals surface area contributed by atoms with Crippen molar-refractivity contribution in [2.24, 2.45) is 23.2 Å². The maximum atomic E-state index is 15.5. The number of nitrogen functional groups attached to an aromatic ring is 1. The number of nitrogens with two attached hydrogens (primary N) is 1. The van der Waals surface area contributed by atoms with Crippen LogP contribution in [0.5, 0.6) is 0 Å². The van der Waals surface area contributed by atoms with Crippen molar-refractivity contribution in [1.29, 1.82) is 0 Å². The van der Waals surface area contributed by atoms with Crippen LogP contribution in [0.2, 0.25) is 0 Å². The number of carboxylic acid groups (broad SMARTS) is 1. The van der Waals surface area contributed by atoms with Crippen LogP contribution in [0, 0.1) is 23.2 Å². The molecular weight excluding hydrogens is 519 g/mol. The van der Waals surface area contributed by atoms with Crippen LogP contribution < -0.4 is 11.1 Å². The molecule has 2 saturated carbocycles. The summed E-state index contributed by atoms with van der Waals surface area (Å²) in [5.41, 5.74) is 5.85. The number of hydrogen-bond acceptors (Lipinski definition) is 9. The first kappa shape index (κ1) is 30.0. The summed E-state index contributed by atoms with van der Waals surface area (Å²) in [6.45, 7) is 3.86. The number of carbonyl (C=O) groups is 2. The topological polar surface area (TPSA) is 154 Å². The molecule has 6 atom stereocenters. The maximum Gasteiger partial charge on any atom is 0.310 e. The van der Waals surface area contributed by atoms with Crippen LogP contribution in [-0.4, -0.2) is 69.6 Å².